The highest BCUT2D eigenvalue weighted by atomic mass is 79.9. The summed E-state index contributed by atoms with van der Waals surface area (Å²) in [5, 5.41) is 3.31. The van der Waals surface area contributed by atoms with Gasteiger partial charge in [-0.15, -0.1) is 11.3 Å². The minimum atomic E-state index is -0.394. The lowest BCUT2D eigenvalue weighted by Crippen LogP contribution is -2.23. The Labute approximate surface area is 112 Å². The molecular formula is C10H13BrClNO2S. The average Bonchev–Trinajstić information content (AvgIpc) is 2.55. The van der Waals surface area contributed by atoms with Crippen molar-refractivity contribution in [3.05, 3.63) is 19.8 Å². The number of alkyl carbamates (subject to hydrolysis) is 1. The first-order valence-electron chi connectivity index (χ1n) is 4.97. The van der Waals surface area contributed by atoms with Crippen LogP contribution in [0.4, 0.5) is 4.79 Å². The van der Waals surface area contributed by atoms with Gasteiger partial charge >= 0.3 is 6.09 Å². The van der Waals surface area contributed by atoms with Crippen molar-refractivity contribution in [1.82, 2.24) is 5.32 Å². The number of ether oxygens (including phenoxy) is 1. The molecule has 0 unspecified atom stereocenters. The van der Waals surface area contributed by atoms with Crippen molar-refractivity contribution in [3.63, 3.8) is 0 Å². The summed E-state index contributed by atoms with van der Waals surface area (Å²) in [4.78, 5) is 12.1. The summed E-state index contributed by atoms with van der Waals surface area (Å²) in [6, 6.07) is 1.81. The Morgan fingerprint density at radius 3 is 3.00 bits per heavy atom. The fourth-order valence-corrected chi connectivity index (χ4v) is 3.03. The normalized spacial score (nSPS) is 10.2. The highest BCUT2D eigenvalue weighted by Crippen LogP contribution is 2.30. The Bertz CT molecular complexity index is 357. The molecule has 16 heavy (non-hydrogen) atoms. The standard InChI is InChI=1S/C10H13BrClNO2S/c1-2-3-4-15-10(14)13-6-8-7(12)5-9(11)16-8/h5H,2-4,6H2,1H3,(H,13,14). The first kappa shape index (κ1) is 13.8. The third-order valence-corrected chi connectivity index (χ3v) is 3.94. The number of carbonyl (C=O) groups is 1. The SMILES string of the molecule is CCCCOC(=O)NCc1sc(Br)cc1Cl. The summed E-state index contributed by atoms with van der Waals surface area (Å²) < 4.78 is 5.90. The van der Waals surface area contributed by atoms with E-state index in [9.17, 15) is 4.79 Å². The molecule has 1 amide bonds. The van der Waals surface area contributed by atoms with Crippen molar-refractivity contribution in [2.45, 2.75) is 26.3 Å². The van der Waals surface area contributed by atoms with Gasteiger partial charge in [0, 0.05) is 4.88 Å². The molecule has 1 N–H and O–H groups in total. The average molecular weight is 327 g/mol. The second kappa shape index (κ2) is 7.14. The van der Waals surface area contributed by atoms with E-state index in [0.29, 0.717) is 18.2 Å². The quantitative estimate of drug-likeness (QED) is 0.824. The third-order valence-electron chi connectivity index (χ3n) is 1.85. The van der Waals surface area contributed by atoms with E-state index >= 15 is 0 Å². The molecule has 0 aliphatic heterocycles. The minimum Gasteiger partial charge on any atom is -0.450 e. The lowest BCUT2D eigenvalue weighted by atomic mass is 10.4. The van der Waals surface area contributed by atoms with Gasteiger partial charge in [0.1, 0.15) is 0 Å². The maximum absolute atomic E-state index is 11.2. The molecule has 0 aromatic carbocycles. The van der Waals surface area contributed by atoms with Crippen LogP contribution in [0.25, 0.3) is 0 Å². The van der Waals surface area contributed by atoms with Crippen LogP contribution in [0.1, 0.15) is 24.6 Å². The third kappa shape index (κ3) is 4.72. The lowest BCUT2D eigenvalue weighted by molar-refractivity contribution is 0.144. The van der Waals surface area contributed by atoms with E-state index in [2.05, 4.69) is 21.2 Å². The van der Waals surface area contributed by atoms with E-state index < -0.39 is 6.09 Å². The first-order chi connectivity index (χ1) is 7.63. The molecule has 0 saturated carbocycles. The highest BCUT2D eigenvalue weighted by Gasteiger charge is 2.07. The van der Waals surface area contributed by atoms with E-state index in [1.807, 2.05) is 13.0 Å². The van der Waals surface area contributed by atoms with Crippen LogP contribution in [-0.4, -0.2) is 12.7 Å². The zero-order valence-electron chi connectivity index (χ0n) is 8.89. The summed E-state index contributed by atoms with van der Waals surface area (Å²) in [5.74, 6) is 0. The van der Waals surface area contributed by atoms with Crippen LogP contribution >= 0.6 is 38.9 Å². The Balaban J connectivity index is 2.29. The van der Waals surface area contributed by atoms with E-state index in [-0.39, 0.29) is 0 Å². The molecule has 0 aliphatic carbocycles. The Kier molecular flexibility index (Phi) is 6.16. The number of thiophene rings is 1. The number of amides is 1. The molecule has 0 radical (unpaired) electrons. The van der Waals surface area contributed by atoms with Gasteiger partial charge in [0.15, 0.2) is 0 Å². The zero-order chi connectivity index (χ0) is 12.0. The van der Waals surface area contributed by atoms with Gasteiger partial charge in [-0.3, -0.25) is 0 Å². The van der Waals surface area contributed by atoms with Gasteiger partial charge in [-0.25, -0.2) is 4.79 Å². The number of rotatable bonds is 5. The number of unbranched alkanes of at least 4 members (excludes halogenated alkanes) is 1. The smallest absolute Gasteiger partial charge is 0.407 e. The molecule has 6 heteroatoms. The van der Waals surface area contributed by atoms with E-state index in [0.717, 1.165) is 21.5 Å². The Hall–Kier alpha value is -0.260. The molecule has 3 nitrogen and oxygen atoms in total. The van der Waals surface area contributed by atoms with Crippen molar-refractivity contribution in [3.8, 4) is 0 Å². The Morgan fingerprint density at radius 2 is 2.44 bits per heavy atom. The maximum atomic E-state index is 11.2. The van der Waals surface area contributed by atoms with Crippen LogP contribution in [0.3, 0.4) is 0 Å². The molecule has 0 spiro atoms. The summed E-state index contributed by atoms with van der Waals surface area (Å²) in [6.07, 6.45) is 1.50. The number of nitrogens with one attached hydrogen (secondary N) is 1. The molecule has 1 rings (SSSR count). The van der Waals surface area contributed by atoms with Crippen molar-refractivity contribution in [2.24, 2.45) is 0 Å². The van der Waals surface area contributed by atoms with E-state index in [1.165, 1.54) is 11.3 Å². The molecule has 0 fully saturated rings. The monoisotopic (exact) mass is 325 g/mol. The Morgan fingerprint density at radius 1 is 1.69 bits per heavy atom. The van der Waals surface area contributed by atoms with Crippen molar-refractivity contribution < 1.29 is 9.53 Å². The minimum absolute atomic E-state index is 0.394. The summed E-state index contributed by atoms with van der Waals surface area (Å²) in [6.45, 7) is 2.91. The molecule has 90 valence electrons. The molecule has 0 bridgehead atoms. The van der Waals surface area contributed by atoms with Gasteiger partial charge in [-0.05, 0) is 28.4 Å². The highest BCUT2D eigenvalue weighted by molar-refractivity contribution is 9.11. The van der Waals surface area contributed by atoms with Crippen molar-refractivity contribution in [1.29, 1.82) is 0 Å². The van der Waals surface area contributed by atoms with Gasteiger partial charge < -0.3 is 10.1 Å². The molecule has 0 saturated heterocycles. The second-order valence-electron chi connectivity index (χ2n) is 3.16. The molecule has 1 heterocycles. The number of carbonyl (C=O) groups excluding carboxylic acids is 1. The molecule has 0 atom stereocenters. The zero-order valence-corrected chi connectivity index (χ0v) is 12.0. The van der Waals surface area contributed by atoms with Gasteiger partial charge in [0.25, 0.3) is 0 Å². The molecule has 1 aromatic heterocycles. The van der Waals surface area contributed by atoms with Crippen LogP contribution in [0.15, 0.2) is 9.85 Å². The van der Waals surface area contributed by atoms with Gasteiger partial charge in [-0.1, -0.05) is 24.9 Å². The number of hydrogen-bond acceptors (Lipinski definition) is 3. The molecular weight excluding hydrogens is 314 g/mol. The molecule has 0 aliphatic rings. The predicted molar refractivity (Wildman–Crippen MR) is 70.1 cm³/mol. The first-order valence-corrected chi connectivity index (χ1v) is 6.96. The predicted octanol–water partition coefficient (Wildman–Crippen LogP) is 4.19. The summed E-state index contributed by atoms with van der Waals surface area (Å²) >= 11 is 10.8. The number of halogens is 2. The van der Waals surface area contributed by atoms with Crippen LogP contribution < -0.4 is 5.32 Å². The fourth-order valence-electron chi connectivity index (χ4n) is 1.01. The molecule has 1 aromatic rings. The summed E-state index contributed by atoms with van der Waals surface area (Å²) in [5.41, 5.74) is 0. The summed E-state index contributed by atoms with van der Waals surface area (Å²) in [7, 11) is 0. The largest absolute Gasteiger partial charge is 0.450 e. The van der Waals surface area contributed by atoms with Crippen LogP contribution in [0.2, 0.25) is 5.02 Å². The van der Waals surface area contributed by atoms with Crippen LogP contribution in [0.5, 0.6) is 0 Å². The van der Waals surface area contributed by atoms with E-state index in [4.69, 9.17) is 16.3 Å². The van der Waals surface area contributed by atoms with Crippen molar-refractivity contribution in [2.75, 3.05) is 6.61 Å². The van der Waals surface area contributed by atoms with Gasteiger partial charge in [0.2, 0.25) is 0 Å². The van der Waals surface area contributed by atoms with Crippen LogP contribution in [0, 0.1) is 0 Å². The van der Waals surface area contributed by atoms with Gasteiger partial charge in [-0.2, -0.15) is 0 Å². The number of hydrogen-bond donors (Lipinski definition) is 1. The maximum Gasteiger partial charge on any atom is 0.407 e. The fraction of sp³-hybridized carbons (Fsp3) is 0.500. The topological polar surface area (TPSA) is 38.3 Å². The van der Waals surface area contributed by atoms with Crippen LogP contribution in [-0.2, 0) is 11.3 Å². The van der Waals surface area contributed by atoms with Crippen molar-refractivity contribution >= 4 is 45.0 Å². The van der Waals surface area contributed by atoms with E-state index in [1.54, 1.807) is 0 Å². The lowest BCUT2D eigenvalue weighted by Gasteiger charge is -2.05. The second-order valence-corrected chi connectivity index (χ2v) is 6.09. The van der Waals surface area contributed by atoms with Gasteiger partial charge in [0.05, 0.1) is 22.0 Å².